The summed E-state index contributed by atoms with van der Waals surface area (Å²) in [5, 5.41) is 19.8. The fourth-order valence-electron chi connectivity index (χ4n) is 3.33. The Hall–Kier alpha value is -1.80. The highest BCUT2D eigenvalue weighted by molar-refractivity contribution is 5.18. The zero-order valence-corrected chi connectivity index (χ0v) is 14.2. The fourth-order valence-corrected chi connectivity index (χ4v) is 3.33. The van der Waals surface area contributed by atoms with Gasteiger partial charge in [-0.2, -0.15) is 0 Å². The van der Waals surface area contributed by atoms with Gasteiger partial charge in [0.1, 0.15) is 24.4 Å². The minimum atomic E-state index is -1.08. The number of rotatable bonds is 4. The number of hydrogen-bond acceptors (Lipinski definition) is 6. The molecule has 0 amide bonds. The molecule has 0 aliphatic carbocycles. The summed E-state index contributed by atoms with van der Waals surface area (Å²) in [6.45, 7) is -0.110. The highest BCUT2D eigenvalue weighted by Gasteiger charge is 2.48. The number of ether oxygens (including phenoxy) is 4. The minimum Gasteiger partial charge on any atom is -0.394 e. The lowest BCUT2D eigenvalue weighted by atomic mass is 9.99. The fraction of sp³-hybridized carbons (Fsp3) is 0.400. The van der Waals surface area contributed by atoms with Crippen LogP contribution in [0.5, 0.6) is 0 Å². The molecule has 0 bridgehead atoms. The molecule has 138 valence electrons. The van der Waals surface area contributed by atoms with Crippen LogP contribution in [0.25, 0.3) is 0 Å². The molecule has 6 atom stereocenters. The molecule has 2 aromatic carbocycles. The second-order valence-corrected chi connectivity index (χ2v) is 6.44. The molecular weight excluding hydrogens is 336 g/mol. The van der Waals surface area contributed by atoms with Crippen LogP contribution in [-0.2, 0) is 18.9 Å². The summed E-state index contributed by atoms with van der Waals surface area (Å²) in [5.74, 6) is 0. The third-order valence-electron chi connectivity index (χ3n) is 4.67. The van der Waals surface area contributed by atoms with Crippen LogP contribution in [0.3, 0.4) is 0 Å². The van der Waals surface area contributed by atoms with Crippen LogP contribution < -0.4 is 0 Å². The lowest BCUT2D eigenvalue weighted by Crippen LogP contribution is -2.58. The smallest absolute Gasteiger partial charge is 0.184 e. The Morgan fingerprint density at radius 2 is 1.46 bits per heavy atom. The Balaban J connectivity index is 1.56. The first-order valence-corrected chi connectivity index (χ1v) is 8.73. The Morgan fingerprint density at radius 1 is 0.846 bits per heavy atom. The summed E-state index contributed by atoms with van der Waals surface area (Å²) >= 11 is 0. The predicted octanol–water partition coefficient (Wildman–Crippen LogP) is 1.94. The van der Waals surface area contributed by atoms with Crippen LogP contribution in [-0.4, -0.2) is 47.8 Å². The van der Waals surface area contributed by atoms with Gasteiger partial charge in [-0.25, -0.2) is 0 Å². The van der Waals surface area contributed by atoms with Gasteiger partial charge in [-0.1, -0.05) is 60.7 Å². The Morgan fingerprint density at radius 3 is 2.08 bits per heavy atom. The van der Waals surface area contributed by atoms with E-state index in [9.17, 15) is 10.2 Å². The molecule has 6 heteroatoms. The van der Waals surface area contributed by atoms with E-state index in [1.807, 2.05) is 60.7 Å². The van der Waals surface area contributed by atoms with Crippen molar-refractivity contribution in [2.24, 2.45) is 0 Å². The van der Waals surface area contributed by atoms with Gasteiger partial charge in [0.15, 0.2) is 12.6 Å². The first-order chi connectivity index (χ1) is 12.8. The van der Waals surface area contributed by atoms with Crippen molar-refractivity contribution in [3.05, 3.63) is 71.8 Å². The second kappa shape index (κ2) is 7.84. The summed E-state index contributed by atoms with van der Waals surface area (Å²) in [6.07, 6.45) is -3.96. The van der Waals surface area contributed by atoms with Gasteiger partial charge in [-0.15, -0.1) is 0 Å². The third-order valence-corrected chi connectivity index (χ3v) is 4.67. The van der Waals surface area contributed by atoms with E-state index in [1.165, 1.54) is 0 Å². The molecule has 0 saturated carbocycles. The number of fused-ring (bicyclic) bond motifs is 1. The van der Waals surface area contributed by atoms with Gasteiger partial charge >= 0.3 is 0 Å². The average Bonchev–Trinajstić information content (AvgIpc) is 2.73. The number of benzene rings is 2. The van der Waals surface area contributed by atoms with E-state index in [0.717, 1.165) is 11.1 Å². The van der Waals surface area contributed by atoms with Crippen LogP contribution in [0, 0.1) is 0 Å². The van der Waals surface area contributed by atoms with Gasteiger partial charge in [-0.3, -0.25) is 0 Å². The molecule has 0 spiro atoms. The van der Waals surface area contributed by atoms with Crippen LogP contribution in [0.15, 0.2) is 60.7 Å². The monoisotopic (exact) mass is 358 g/mol. The average molecular weight is 358 g/mol. The van der Waals surface area contributed by atoms with E-state index < -0.39 is 43.6 Å². The lowest BCUT2D eigenvalue weighted by Gasteiger charge is -2.47. The zero-order chi connectivity index (χ0) is 17.9. The summed E-state index contributed by atoms with van der Waals surface area (Å²) in [6, 6.07) is 19.1. The minimum absolute atomic E-state index is 0.311. The molecule has 2 fully saturated rings. The first-order valence-electron chi connectivity index (χ1n) is 8.73. The van der Waals surface area contributed by atoms with E-state index in [0.29, 0.717) is 6.61 Å². The molecule has 4 rings (SSSR count). The SMILES string of the molecule is OC[C@@H](O)[C@H]1OC(c2ccccc2)O[C@H]2COC(c3ccccc3)O[C@@H]12. The van der Waals surface area contributed by atoms with Crippen LogP contribution in [0.4, 0.5) is 0 Å². The maximum atomic E-state index is 10.3. The Labute approximate surface area is 151 Å². The number of aliphatic hydroxyl groups excluding tert-OH is 2. The van der Waals surface area contributed by atoms with Crippen molar-refractivity contribution in [3.8, 4) is 0 Å². The van der Waals surface area contributed by atoms with Crippen molar-refractivity contribution >= 4 is 0 Å². The third kappa shape index (κ3) is 3.53. The maximum absolute atomic E-state index is 10.3. The van der Waals surface area contributed by atoms with Crippen molar-refractivity contribution in [2.45, 2.75) is 37.0 Å². The van der Waals surface area contributed by atoms with E-state index in [2.05, 4.69) is 0 Å². The largest absolute Gasteiger partial charge is 0.394 e. The van der Waals surface area contributed by atoms with Crippen molar-refractivity contribution in [2.75, 3.05) is 13.2 Å². The van der Waals surface area contributed by atoms with Crippen molar-refractivity contribution in [1.82, 2.24) is 0 Å². The molecule has 26 heavy (non-hydrogen) atoms. The van der Waals surface area contributed by atoms with Gasteiger partial charge < -0.3 is 29.2 Å². The van der Waals surface area contributed by atoms with E-state index in [1.54, 1.807) is 0 Å². The zero-order valence-electron chi connectivity index (χ0n) is 14.2. The molecular formula is C20H22O6. The van der Waals surface area contributed by atoms with Gasteiger partial charge in [0.2, 0.25) is 0 Å². The van der Waals surface area contributed by atoms with Crippen LogP contribution in [0.2, 0.25) is 0 Å². The van der Waals surface area contributed by atoms with Crippen molar-refractivity contribution in [1.29, 1.82) is 0 Å². The van der Waals surface area contributed by atoms with E-state index in [4.69, 9.17) is 18.9 Å². The summed E-state index contributed by atoms with van der Waals surface area (Å²) in [7, 11) is 0. The van der Waals surface area contributed by atoms with Crippen molar-refractivity contribution in [3.63, 3.8) is 0 Å². The van der Waals surface area contributed by atoms with Gasteiger partial charge in [-0.05, 0) is 0 Å². The molecule has 0 aromatic heterocycles. The van der Waals surface area contributed by atoms with Crippen molar-refractivity contribution < 1.29 is 29.2 Å². The summed E-state index contributed by atoms with van der Waals surface area (Å²) in [4.78, 5) is 0. The van der Waals surface area contributed by atoms with Gasteiger partial charge in [0.05, 0.1) is 13.2 Å². The summed E-state index contributed by atoms with van der Waals surface area (Å²) in [5.41, 5.74) is 1.72. The summed E-state index contributed by atoms with van der Waals surface area (Å²) < 4.78 is 23.9. The molecule has 2 unspecified atom stereocenters. The number of hydrogen-bond donors (Lipinski definition) is 2. The number of aliphatic hydroxyl groups is 2. The van der Waals surface area contributed by atoms with E-state index >= 15 is 0 Å². The highest BCUT2D eigenvalue weighted by atomic mass is 16.8. The quantitative estimate of drug-likeness (QED) is 0.870. The highest BCUT2D eigenvalue weighted by Crippen LogP contribution is 2.38. The molecule has 2 N–H and O–H groups in total. The molecule has 2 aliphatic heterocycles. The first kappa shape index (κ1) is 17.6. The Kier molecular flexibility index (Phi) is 5.31. The lowest BCUT2D eigenvalue weighted by molar-refractivity contribution is -0.373. The molecule has 2 aliphatic rings. The van der Waals surface area contributed by atoms with Crippen LogP contribution >= 0.6 is 0 Å². The second-order valence-electron chi connectivity index (χ2n) is 6.44. The van der Waals surface area contributed by atoms with Gasteiger partial charge in [0, 0.05) is 11.1 Å². The van der Waals surface area contributed by atoms with E-state index in [-0.39, 0.29) is 0 Å². The molecule has 2 saturated heterocycles. The predicted molar refractivity (Wildman–Crippen MR) is 92.0 cm³/mol. The molecule has 6 nitrogen and oxygen atoms in total. The Bertz CT molecular complexity index is 692. The normalized spacial score (nSPS) is 32.6. The standard InChI is InChI=1S/C20H22O6/c21-11-15(22)17-18-16(24-20(25-17)14-9-5-2-6-10-14)12-23-19(26-18)13-7-3-1-4-8-13/h1-10,15-22H,11-12H2/t15-,16+,17-,18-,19?,20?/m1/s1. The van der Waals surface area contributed by atoms with Gasteiger partial charge in [0.25, 0.3) is 0 Å². The molecule has 2 heterocycles. The molecule has 2 aromatic rings. The van der Waals surface area contributed by atoms with Crippen LogP contribution in [0.1, 0.15) is 23.7 Å². The topological polar surface area (TPSA) is 77.4 Å². The maximum Gasteiger partial charge on any atom is 0.184 e. The molecule has 0 radical (unpaired) electrons.